The molecule has 1 heterocycles. The fourth-order valence-electron chi connectivity index (χ4n) is 2.19. The molecule has 0 bridgehead atoms. The first-order chi connectivity index (χ1) is 13.5. The summed E-state index contributed by atoms with van der Waals surface area (Å²) in [6.07, 6.45) is -3.05. The lowest BCUT2D eigenvalue weighted by Gasteiger charge is -2.13. The molecule has 0 aliphatic heterocycles. The lowest BCUT2D eigenvalue weighted by molar-refractivity contribution is -0.154. The number of aliphatic imine (C=N–C) groups is 1. The molecule has 0 saturated carbocycles. The zero-order valence-corrected chi connectivity index (χ0v) is 18.2. The molecule has 1 aromatic carbocycles. The van der Waals surface area contributed by atoms with Crippen molar-refractivity contribution in [3.8, 4) is 11.6 Å². The third kappa shape index (κ3) is 10.2. The van der Waals surface area contributed by atoms with Gasteiger partial charge in [-0.05, 0) is 25.1 Å². The van der Waals surface area contributed by atoms with Gasteiger partial charge in [-0.2, -0.15) is 13.2 Å². The van der Waals surface area contributed by atoms with Crippen LogP contribution in [0.2, 0.25) is 0 Å². The van der Waals surface area contributed by atoms with Crippen LogP contribution in [0.15, 0.2) is 53.7 Å². The van der Waals surface area contributed by atoms with E-state index in [9.17, 15) is 13.2 Å². The quantitative estimate of drug-likeness (QED) is 0.226. The molecular weight excluding hydrogens is 500 g/mol. The Bertz CT molecular complexity index is 746. The number of halogens is 4. The first-order valence-corrected chi connectivity index (χ1v) is 8.81. The Morgan fingerprint density at radius 2 is 1.83 bits per heavy atom. The number of guanidine groups is 1. The minimum atomic E-state index is -4.42. The van der Waals surface area contributed by atoms with Crippen LogP contribution in [0.3, 0.4) is 0 Å². The number of ether oxygens (including phenoxy) is 2. The summed E-state index contributed by atoms with van der Waals surface area (Å²) >= 11 is 0. The number of pyridine rings is 1. The number of nitrogens with one attached hydrogen (secondary N) is 2. The lowest BCUT2D eigenvalue weighted by Crippen LogP contribution is -2.39. The van der Waals surface area contributed by atoms with Crippen LogP contribution in [0.5, 0.6) is 11.6 Å². The van der Waals surface area contributed by atoms with E-state index in [1.54, 1.807) is 12.1 Å². The van der Waals surface area contributed by atoms with Gasteiger partial charge in [0.05, 0.1) is 13.1 Å². The highest BCUT2D eigenvalue weighted by atomic mass is 127. The van der Waals surface area contributed by atoms with Crippen molar-refractivity contribution in [3.63, 3.8) is 0 Å². The predicted molar refractivity (Wildman–Crippen MR) is 116 cm³/mol. The summed E-state index contributed by atoms with van der Waals surface area (Å²) in [5.74, 6) is 1.21. The van der Waals surface area contributed by atoms with Crippen molar-refractivity contribution in [1.82, 2.24) is 15.6 Å². The van der Waals surface area contributed by atoms with Crippen LogP contribution in [0.4, 0.5) is 13.2 Å². The maximum atomic E-state index is 12.4. The Balaban J connectivity index is 0.00000420. The van der Waals surface area contributed by atoms with Gasteiger partial charge in [-0.3, -0.25) is 0 Å². The van der Waals surface area contributed by atoms with Crippen LogP contribution in [-0.4, -0.2) is 43.4 Å². The Morgan fingerprint density at radius 1 is 1.07 bits per heavy atom. The zero-order valence-electron chi connectivity index (χ0n) is 15.9. The number of benzene rings is 1. The second-order valence-electron chi connectivity index (χ2n) is 5.65. The van der Waals surface area contributed by atoms with Crippen molar-refractivity contribution in [1.29, 1.82) is 0 Å². The molecule has 0 radical (unpaired) electrons. The molecule has 10 heteroatoms. The summed E-state index contributed by atoms with van der Waals surface area (Å²) in [4.78, 5) is 8.23. The lowest BCUT2D eigenvalue weighted by atomic mass is 10.3. The van der Waals surface area contributed by atoms with E-state index in [1.807, 2.05) is 37.3 Å². The van der Waals surface area contributed by atoms with Crippen molar-refractivity contribution in [3.05, 3.63) is 54.2 Å². The maximum absolute atomic E-state index is 12.4. The summed E-state index contributed by atoms with van der Waals surface area (Å²) in [7, 11) is 0. The Hall–Kier alpha value is -2.24. The van der Waals surface area contributed by atoms with Gasteiger partial charge in [-0.15, -0.1) is 24.0 Å². The zero-order chi connectivity index (χ0) is 20.2. The third-order valence-electron chi connectivity index (χ3n) is 3.38. The fraction of sp³-hybridized carbons (Fsp3) is 0.368. The van der Waals surface area contributed by atoms with Gasteiger partial charge in [0.15, 0.2) is 12.6 Å². The monoisotopic (exact) mass is 524 g/mol. The van der Waals surface area contributed by atoms with E-state index in [1.165, 1.54) is 6.20 Å². The van der Waals surface area contributed by atoms with Crippen LogP contribution in [0.25, 0.3) is 0 Å². The van der Waals surface area contributed by atoms with Gasteiger partial charge >= 0.3 is 6.18 Å². The average Bonchev–Trinajstić information content (AvgIpc) is 2.68. The van der Waals surface area contributed by atoms with Crippen LogP contribution in [0, 0.1) is 0 Å². The first-order valence-electron chi connectivity index (χ1n) is 8.81. The van der Waals surface area contributed by atoms with E-state index in [0.29, 0.717) is 31.2 Å². The second-order valence-corrected chi connectivity index (χ2v) is 5.65. The molecule has 2 N–H and O–H groups in total. The Kier molecular flexibility index (Phi) is 11.2. The molecule has 0 aliphatic rings. The highest BCUT2D eigenvalue weighted by Gasteiger charge is 2.29. The van der Waals surface area contributed by atoms with Crippen LogP contribution >= 0.6 is 24.0 Å². The molecule has 0 saturated heterocycles. The number of rotatable bonds is 9. The van der Waals surface area contributed by atoms with E-state index in [-0.39, 0.29) is 36.4 Å². The highest BCUT2D eigenvalue weighted by molar-refractivity contribution is 14.0. The molecule has 0 fully saturated rings. The maximum Gasteiger partial charge on any atom is 0.422 e. The number of alkyl halides is 3. The molecule has 2 aromatic rings. The molecule has 0 atom stereocenters. The van der Waals surface area contributed by atoms with Gasteiger partial charge in [0.2, 0.25) is 5.88 Å². The largest absolute Gasteiger partial charge is 0.492 e. The number of hydrogen-bond donors (Lipinski definition) is 2. The van der Waals surface area contributed by atoms with Crippen molar-refractivity contribution in [2.75, 3.05) is 26.3 Å². The number of para-hydroxylation sites is 1. The average molecular weight is 524 g/mol. The molecule has 6 nitrogen and oxygen atoms in total. The standard InChI is InChI=1S/C19H23F3N4O2.HI/c1-2-23-18(25-11-12-27-16-8-4-3-5-9-16)26-13-15-7-6-10-24-17(15)28-14-19(20,21)22;/h3-10H,2,11-14H2,1H3,(H2,23,25,26);1H. The molecule has 0 unspecified atom stereocenters. The summed E-state index contributed by atoms with van der Waals surface area (Å²) in [5, 5.41) is 6.18. The topological polar surface area (TPSA) is 67.8 Å². The molecule has 0 amide bonds. The molecule has 2 rings (SSSR count). The van der Waals surface area contributed by atoms with Gasteiger partial charge in [0.25, 0.3) is 0 Å². The Morgan fingerprint density at radius 3 is 2.52 bits per heavy atom. The summed E-state index contributed by atoms with van der Waals surface area (Å²) in [6.45, 7) is 2.22. The van der Waals surface area contributed by atoms with Crippen LogP contribution in [0.1, 0.15) is 12.5 Å². The van der Waals surface area contributed by atoms with Crippen molar-refractivity contribution in [2.45, 2.75) is 19.6 Å². The van der Waals surface area contributed by atoms with E-state index >= 15 is 0 Å². The molecule has 0 aliphatic carbocycles. The van der Waals surface area contributed by atoms with E-state index < -0.39 is 12.8 Å². The fourth-order valence-corrected chi connectivity index (χ4v) is 2.19. The molecule has 160 valence electrons. The normalized spacial score (nSPS) is 11.4. The number of nitrogens with zero attached hydrogens (tertiary/aromatic N) is 2. The number of aromatic nitrogens is 1. The summed E-state index contributed by atoms with van der Waals surface area (Å²) in [6, 6.07) is 12.7. The first kappa shape index (κ1) is 24.8. The van der Waals surface area contributed by atoms with Gasteiger partial charge in [-0.25, -0.2) is 9.98 Å². The molecule has 0 spiro atoms. The van der Waals surface area contributed by atoms with Crippen molar-refractivity contribution < 1.29 is 22.6 Å². The number of hydrogen-bond acceptors (Lipinski definition) is 4. The summed E-state index contributed by atoms with van der Waals surface area (Å²) in [5.41, 5.74) is 0.462. The smallest absolute Gasteiger partial charge is 0.422 e. The molecular formula is C19H24F3IN4O2. The highest BCUT2D eigenvalue weighted by Crippen LogP contribution is 2.20. The second kappa shape index (κ2) is 13.1. The predicted octanol–water partition coefficient (Wildman–Crippen LogP) is 3.77. The van der Waals surface area contributed by atoms with E-state index in [4.69, 9.17) is 9.47 Å². The molecule has 29 heavy (non-hydrogen) atoms. The van der Waals surface area contributed by atoms with Gasteiger partial charge < -0.3 is 20.1 Å². The Labute approximate surface area is 184 Å². The van der Waals surface area contributed by atoms with E-state index in [0.717, 1.165) is 5.75 Å². The van der Waals surface area contributed by atoms with Crippen molar-refractivity contribution in [2.24, 2.45) is 4.99 Å². The van der Waals surface area contributed by atoms with Gasteiger partial charge in [0, 0.05) is 18.3 Å². The minimum absolute atomic E-state index is 0. The van der Waals surface area contributed by atoms with Gasteiger partial charge in [-0.1, -0.05) is 24.3 Å². The van der Waals surface area contributed by atoms with Crippen molar-refractivity contribution >= 4 is 29.9 Å². The van der Waals surface area contributed by atoms with Crippen LogP contribution < -0.4 is 20.1 Å². The molecule has 1 aromatic heterocycles. The minimum Gasteiger partial charge on any atom is -0.492 e. The van der Waals surface area contributed by atoms with Gasteiger partial charge in [0.1, 0.15) is 12.4 Å². The van der Waals surface area contributed by atoms with Crippen LogP contribution in [-0.2, 0) is 6.54 Å². The van der Waals surface area contributed by atoms with E-state index in [2.05, 4.69) is 20.6 Å². The SMILES string of the molecule is CCNC(=NCc1cccnc1OCC(F)(F)F)NCCOc1ccccc1.I. The third-order valence-corrected chi connectivity index (χ3v) is 3.38. The summed E-state index contributed by atoms with van der Waals surface area (Å²) < 4.78 is 47.5.